The third-order valence-electron chi connectivity index (χ3n) is 15.9. The lowest BCUT2D eigenvalue weighted by molar-refractivity contribution is 0.0341. The van der Waals surface area contributed by atoms with Gasteiger partial charge in [-0.25, -0.2) is 0 Å². The molecule has 396 valence electrons. The highest BCUT2D eigenvalue weighted by molar-refractivity contribution is 6.35. The second kappa shape index (κ2) is 23.4. The Morgan fingerprint density at radius 3 is 0.803 bits per heavy atom. The minimum absolute atomic E-state index is 0.157. The van der Waals surface area contributed by atoms with Gasteiger partial charge in [0, 0.05) is 101 Å². The van der Waals surface area contributed by atoms with Gasteiger partial charge < -0.3 is 40.2 Å². The maximum atomic E-state index is 15.8. The van der Waals surface area contributed by atoms with E-state index in [0.717, 1.165) is 48.4 Å². The zero-order valence-corrected chi connectivity index (χ0v) is 44.4. The molecule has 5 aliphatic rings. The quantitative estimate of drug-likeness (QED) is 0.0578. The molecule has 4 fully saturated rings. The Kier molecular flexibility index (Phi) is 15.9. The van der Waals surface area contributed by atoms with E-state index in [9.17, 15) is 0 Å². The summed E-state index contributed by atoms with van der Waals surface area (Å²) in [6, 6.07) is 41.3. The van der Waals surface area contributed by atoms with Crippen molar-refractivity contribution in [2.45, 2.75) is 52.6 Å². The Balaban J connectivity index is 0.901. The summed E-state index contributed by atoms with van der Waals surface area (Å²) in [6.07, 6.45) is -0.630. The second-order valence-electron chi connectivity index (χ2n) is 20.6. The molecule has 14 heteroatoms. The van der Waals surface area contributed by atoms with E-state index >= 15 is 9.59 Å². The van der Waals surface area contributed by atoms with E-state index in [1.54, 1.807) is 0 Å². The highest BCUT2D eigenvalue weighted by atomic mass is 16.5. The molecule has 0 aromatic heterocycles. The number of nitrogens with zero attached hydrogens (tertiary/aromatic N) is 4. The van der Waals surface area contributed by atoms with E-state index in [2.05, 4.69) is 166 Å². The number of carbonyl (C=O) groups excluding carboxylic acids is 2. The summed E-state index contributed by atoms with van der Waals surface area (Å²) in [4.78, 5) is 41.0. The number of ketones is 2. The molecule has 11 rings (SSSR count). The molecule has 4 aliphatic heterocycles. The number of hydrogen-bond donors (Lipinski definition) is 4. The number of benzene rings is 6. The first-order valence-electron chi connectivity index (χ1n) is 27.3. The maximum absolute atomic E-state index is 15.8. The van der Waals surface area contributed by atoms with E-state index in [4.69, 9.17) is 18.9 Å². The normalized spacial score (nSPS) is 21.1. The third kappa shape index (κ3) is 10.7. The maximum Gasteiger partial charge on any atom is 0.198 e. The van der Waals surface area contributed by atoms with Crippen molar-refractivity contribution < 1.29 is 28.5 Å². The Hall–Kier alpha value is -6.46. The van der Waals surface area contributed by atoms with Crippen LogP contribution in [0.1, 0.15) is 101 Å². The molecule has 0 amide bonds. The van der Waals surface area contributed by atoms with Crippen molar-refractivity contribution in [2.75, 3.05) is 126 Å². The minimum atomic E-state index is -0.202. The lowest BCUT2D eigenvalue weighted by Gasteiger charge is -2.29. The van der Waals surface area contributed by atoms with Crippen LogP contribution in [0.3, 0.4) is 0 Å². The lowest BCUT2D eigenvalue weighted by atomic mass is 9.80. The first kappa shape index (κ1) is 51.6. The van der Waals surface area contributed by atoms with Gasteiger partial charge in [-0.1, -0.05) is 97.1 Å². The fourth-order valence-corrected chi connectivity index (χ4v) is 11.9. The van der Waals surface area contributed by atoms with Crippen molar-refractivity contribution >= 4 is 34.3 Å². The minimum Gasteiger partial charge on any atom is -0.383 e. The van der Waals surface area contributed by atoms with Gasteiger partial charge in [0.2, 0.25) is 0 Å². The third-order valence-corrected chi connectivity index (χ3v) is 15.9. The van der Waals surface area contributed by atoms with Crippen molar-refractivity contribution in [2.24, 2.45) is 0 Å². The lowest BCUT2D eigenvalue weighted by Crippen LogP contribution is -2.33. The molecule has 4 heterocycles. The van der Waals surface area contributed by atoms with Gasteiger partial charge in [-0.15, -0.1) is 0 Å². The predicted molar refractivity (Wildman–Crippen MR) is 299 cm³/mol. The summed E-state index contributed by atoms with van der Waals surface area (Å²) in [7, 11) is 0. The largest absolute Gasteiger partial charge is 0.383 e. The smallest absolute Gasteiger partial charge is 0.198 e. The van der Waals surface area contributed by atoms with Crippen LogP contribution in [0.15, 0.2) is 121 Å². The first-order chi connectivity index (χ1) is 37.2. The predicted octanol–water partition coefficient (Wildman–Crippen LogP) is 9.47. The van der Waals surface area contributed by atoms with Crippen LogP contribution in [-0.2, 0) is 18.9 Å². The molecule has 6 aromatic rings. The molecule has 1 aliphatic carbocycles. The zero-order chi connectivity index (χ0) is 52.1. The number of rotatable bonds is 20. The number of anilines is 4. The number of hydrogen-bond acceptors (Lipinski definition) is 14. The van der Waals surface area contributed by atoms with E-state index in [0.29, 0.717) is 124 Å². The van der Waals surface area contributed by atoms with E-state index in [1.165, 1.54) is 22.3 Å². The molecule has 4 atom stereocenters. The Bertz CT molecular complexity index is 2660. The molecule has 0 radical (unpaired) electrons. The monoisotopic (exact) mass is 1020 g/mol. The SMILES string of the molecule is Cc1ccccc1C1OCCN1CCNc1ccc(NCCN2CCOC2c2ccccc2C)c2c1C(=O)c1c(NCCN3CCOC3c3ccccc3C)ccc(NCCN3CCOC3c3ccccc3C)c1C2=O. The molecule has 4 unspecified atom stereocenters. The van der Waals surface area contributed by atoms with Crippen LogP contribution in [0.25, 0.3) is 0 Å². The topological polar surface area (TPSA) is 132 Å². The molecular weight excluding hydrogens is 953 g/mol. The molecule has 0 spiro atoms. The van der Waals surface area contributed by atoms with E-state index < -0.39 is 0 Å². The molecule has 4 saturated heterocycles. The number of aryl methyl sites for hydroxylation is 4. The number of carbonyl (C=O) groups is 2. The highest BCUT2D eigenvalue weighted by Crippen LogP contribution is 2.43. The van der Waals surface area contributed by atoms with Gasteiger partial charge in [0.05, 0.1) is 48.7 Å². The fourth-order valence-electron chi connectivity index (χ4n) is 11.9. The molecule has 14 nitrogen and oxygen atoms in total. The van der Waals surface area contributed by atoms with Crippen LogP contribution < -0.4 is 21.3 Å². The van der Waals surface area contributed by atoms with Crippen molar-refractivity contribution in [1.82, 2.24) is 19.6 Å². The van der Waals surface area contributed by atoms with Gasteiger partial charge in [0.15, 0.2) is 11.6 Å². The van der Waals surface area contributed by atoms with Crippen molar-refractivity contribution in [3.05, 3.63) is 188 Å². The molecule has 76 heavy (non-hydrogen) atoms. The van der Waals surface area contributed by atoms with Gasteiger partial charge in [-0.05, 0) is 96.5 Å². The summed E-state index contributed by atoms with van der Waals surface area (Å²) in [5.41, 5.74) is 13.4. The summed E-state index contributed by atoms with van der Waals surface area (Å²) in [5.74, 6) is -0.404. The van der Waals surface area contributed by atoms with Crippen LogP contribution in [0, 0.1) is 27.7 Å². The highest BCUT2D eigenvalue weighted by Gasteiger charge is 2.39. The Labute approximate surface area is 447 Å². The van der Waals surface area contributed by atoms with Crippen LogP contribution >= 0.6 is 0 Å². The van der Waals surface area contributed by atoms with Gasteiger partial charge in [-0.3, -0.25) is 29.2 Å². The van der Waals surface area contributed by atoms with Crippen LogP contribution in [-0.4, -0.2) is 136 Å². The number of nitrogens with one attached hydrogen (secondary N) is 4. The Morgan fingerprint density at radius 1 is 0.355 bits per heavy atom. The average Bonchev–Trinajstić information content (AvgIpc) is 4.29. The van der Waals surface area contributed by atoms with Crippen LogP contribution in [0.5, 0.6) is 0 Å². The number of ether oxygens (including phenoxy) is 4. The second-order valence-corrected chi connectivity index (χ2v) is 20.6. The zero-order valence-electron chi connectivity index (χ0n) is 44.4. The van der Waals surface area contributed by atoms with Crippen molar-refractivity contribution in [3.63, 3.8) is 0 Å². The standard InChI is InChI=1S/C62H72N8O6/c1-41-13-5-9-17-45(41)59-67(33-37-73-59)29-25-63-49-21-22-50(64-26-30-68-34-38-74-60(68)46-18-10-6-14-42(46)2)54-53(49)57(71)55-51(65-27-31-69-35-39-75-61(69)47-19-11-7-15-43(47)3)23-24-52(56(55)58(54)72)66-28-32-70-36-40-76-62(70)48-20-12-8-16-44(48)4/h5-24,59-66H,25-40H2,1-4H3. The fraction of sp³-hybridized carbons (Fsp3) is 0.387. The Morgan fingerprint density at radius 2 is 0.579 bits per heavy atom. The van der Waals surface area contributed by atoms with E-state index in [1.807, 2.05) is 24.3 Å². The first-order valence-corrected chi connectivity index (χ1v) is 27.3. The summed E-state index contributed by atoms with van der Waals surface area (Å²) in [5, 5.41) is 14.6. The summed E-state index contributed by atoms with van der Waals surface area (Å²) in [6.45, 7) is 19.0. The van der Waals surface area contributed by atoms with Crippen LogP contribution in [0.4, 0.5) is 22.7 Å². The summed E-state index contributed by atoms with van der Waals surface area (Å²) >= 11 is 0. The molecule has 4 N–H and O–H groups in total. The number of fused-ring (bicyclic) bond motifs is 2. The summed E-state index contributed by atoms with van der Waals surface area (Å²) < 4.78 is 25.1. The van der Waals surface area contributed by atoms with Crippen LogP contribution in [0.2, 0.25) is 0 Å². The van der Waals surface area contributed by atoms with E-state index in [-0.39, 0.29) is 36.5 Å². The van der Waals surface area contributed by atoms with Gasteiger partial charge in [0.25, 0.3) is 0 Å². The molecule has 6 aromatic carbocycles. The van der Waals surface area contributed by atoms with Gasteiger partial charge >= 0.3 is 0 Å². The van der Waals surface area contributed by atoms with Gasteiger partial charge in [-0.2, -0.15) is 0 Å². The van der Waals surface area contributed by atoms with Crippen molar-refractivity contribution in [3.8, 4) is 0 Å². The molecule has 0 bridgehead atoms. The van der Waals surface area contributed by atoms with Crippen molar-refractivity contribution in [1.29, 1.82) is 0 Å². The van der Waals surface area contributed by atoms with Gasteiger partial charge in [0.1, 0.15) is 24.9 Å². The average molecular weight is 1030 g/mol. The molecular formula is C62H72N8O6. The molecule has 0 saturated carbocycles.